The quantitative estimate of drug-likeness (QED) is 0.771. The number of nitrogens with zero attached hydrogens (tertiary/aromatic N) is 2. The summed E-state index contributed by atoms with van der Waals surface area (Å²) < 4.78 is 5.87. The molecule has 21 heavy (non-hydrogen) atoms. The third kappa shape index (κ3) is 3.37. The SMILES string of the molecule is CCSc1cccc(Oc2cc(C#N)ccc2C)c1C#N. The van der Waals surface area contributed by atoms with Crippen LogP contribution in [-0.2, 0) is 0 Å². The molecule has 0 spiro atoms. The Balaban J connectivity index is 2.43. The Hall–Kier alpha value is -2.43. The van der Waals surface area contributed by atoms with Gasteiger partial charge >= 0.3 is 0 Å². The van der Waals surface area contributed by atoms with Crippen molar-refractivity contribution in [3.8, 4) is 23.6 Å². The maximum atomic E-state index is 9.38. The van der Waals surface area contributed by atoms with Gasteiger partial charge in [-0.1, -0.05) is 19.1 Å². The van der Waals surface area contributed by atoms with Gasteiger partial charge in [-0.05, 0) is 42.5 Å². The van der Waals surface area contributed by atoms with Crippen LogP contribution in [0.25, 0.3) is 0 Å². The van der Waals surface area contributed by atoms with Gasteiger partial charge in [-0.15, -0.1) is 11.8 Å². The second kappa shape index (κ2) is 6.83. The molecule has 0 bridgehead atoms. The van der Waals surface area contributed by atoms with E-state index in [1.807, 2.05) is 32.0 Å². The van der Waals surface area contributed by atoms with Crippen LogP contribution in [0, 0.1) is 29.6 Å². The van der Waals surface area contributed by atoms with E-state index in [1.54, 1.807) is 30.0 Å². The monoisotopic (exact) mass is 294 g/mol. The van der Waals surface area contributed by atoms with Crippen molar-refractivity contribution >= 4 is 11.8 Å². The number of thioether (sulfide) groups is 1. The second-order valence-corrected chi connectivity index (χ2v) is 5.67. The van der Waals surface area contributed by atoms with Crippen molar-refractivity contribution in [3.63, 3.8) is 0 Å². The van der Waals surface area contributed by atoms with Gasteiger partial charge in [0.2, 0.25) is 0 Å². The predicted molar refractivity (Wildman–Crippen MR) is 83.5 cm³/mol. The average Bonchev–Trinajstić information content (AvgIpc) is 2.50. The minimum atomic E-state index is 0.522. The molecule has 0 aliphatic rings. The van der Waals surface area contributed by atoms with Crippen molar-refractivity contribution in [2.75, 3.05) is 5.75 Å². The fraction of sp³-hybridized carbons (Fsp3) is 0.176. The topological polar surface area (TPSA) is 56.8 Å². The number of rotatable bonds is 4. The summed E-state index contributed by atoms with van der Waals surface area (Å²) in [7, 11) is 0. The molecule has 0 saturated carbocycles. The van der Waals surface area contributed by atoms with Gasteiger partial charge in [0, 0.05) is 4.90 Å². The smallest absolute Gasteiger partial charge is 0.146 e. The molecule has 0 saturated heterocycles. The first-order chi connectivity index (χ1) is 10.2. The lowest BCUT2D eigenvalue weighted by molar-refractivity contribution is 0.475. The van der Waals surface area contributed by atoms with Gasteiger partial charge in [-0.3, -0.25) is 0 Å². The van der Waals surface area contributed by atoms with E-state index in [9.17, 15) is 5.26 Å². The van der Waals surface area contributed by atoms with Crippen molar-refractivity contribution in [3.05, 3.63) is 53.1 Å². The molecule has 0 atom stereocenters. The lowest BCUT2D eigenvalue weighted by Crippen LogP contribution is -1.93. The van der Waals surface area contributed by atoms with E-state index in [0.717, 1.165) is 16.2 Å². The largest absolute Gasteiger partial charge is 0.456 e. The third-order valence-corrected chi connectivity index (χ3v) is 3.88. The van der Waals surface area contributed by atoms with Crippen molar-refractivity contribution in [2.24, 2.45) is 0 Å². The zero-order valence-electron chi connectivity index (χ0n) is 11.9. The third-order valence-electron chi connectivity index (χ3n) is 2.94. The summed E-state index contributed by atoms with van der Waals surface area (Å²) in [5, 5.41) is 18.4. The van der Waals surface area contributed by atoms with Crippen LogP contribution in [0.2, 0.25) is 0 Å². The molecule has 4 heteroatoms. The van der Waals surface area contributed by atoms with E-state index < -0.39 is 0 Å². The van der Waals surface area contributed by atoms with Crippen molar-refractivity contribution in [2.45, 2.75) is 18.7 Å². The number of nitriles is 2. The Morgan fingerprint density at radius 3 is 2.57 bits per heavy atom. The van der Waals surface area contributed by atoms with Gasteiger partial charge in [0.25, 0.3) is 0 Å². The van der Waals surface area contributed by atoms with Gasteiger partial charge in [0.15, 0.2) is 0 Å². The summed E-state index contributed by atoms with van der Waals surface area (Å²) >= 11 is 1.61. The molecule has 2 aromatic carbocycles. The molecule has 0 fully saturated rings. The van der Waals surface area contributed by atoms with Crippen LogP contribution in [0.15, 0.2) is 41.3 Å². The summed E-state index contributed by atoms with van der Waals surface area (Å²) in [6.45, 7) is 3.95. The van der Waals surface area contributed by atoms with E-state index >= 15 is 0 Å². The van der Waals surface area contributed by atoms with Crippen LogP contribution >= 0.6 is 11.8 Å². The first-order valence-corrected chi connectivity index (χ1v) is 7.52. The van der Waals surface area contributed by atoms with Gasteiger partial charge in [-0.25, -0.2) is 0 Å². The van der Waals surface area contributed by atoms with E-state index in [1.165, 1.54) is 0 Å². The maximum absolute atomic E-state index is 9.38. The van der Waals surface area contributed by atoms with Crippen molar-refractivity contribution in [1.82, 2.24) is 0 Å². The summed E-state index contributed by atoms with van der Waals surface area (Å²) in [5.74, 6) is 2.01. The van der Waals surface area contributed by atoms with Gasteiger partial charge in [-0.2, -0.15) is 10.5 Å². The Morgan fingerprint density at radius 1 is 1.10 bits per heavy atom. The molecule has 0 radical (unpaired) electrons. The van der Waals surface area contributed by atoms with E-state index in [4.69, 9.17) is 10.00 Å². The number of ether oxygens (including phenoxy) is 1. The molecule has 0 aliphatic carbocycles. The molecule has 2 aromatic rings. The molecule has 0 unspecified atom stereocenters. The lowest BCUT2D eigenvalue weighted by Gasteiger charge is -2.12. The summed E-state index contributed by atoms with van der Waals surface area (Å²) in [5.41, 5.74) is 1.99. The van der Waals surface area contributed by atoms with Crippen LogP contribution < -0.4 is 4.74 Å². The minimum Gasteiger partial charge on any atom is -0.456 e. The number of hydrogen-bond donors (Lipinski definition) is 0. The molecule has 0 heterocycles. The number of hydrogen-bond acceptors (Lipinski definition) is 4. The molecule has 0 aromatic heterocycles. The lowest BCUT2D eigenvalue weighted by atomic mass is 10.1. The molecule has 104 valence electrons. The van der Waals surface area contributed by atoms with E-state index in [0.29, 0.717) is 22.6 Å². The number of aryl methyl sites for hydroxylation is 1. The molecule has 3 nitrogen and oxygen atoms in total. The van der Waals surface area contributed by atoms with Gasteiger partial charge in [0.1, 0.15) is 23.1 Å². The highest BCUT2D eigenvalue weighted by Crippen LogP contribution is 2.33. The zero-order valence-corrected chi connectivity index (χ0v) is 12.7. The summed E-state index contributed by atoms with van der Waals surface area (Å²) in [6.07, 6.45) is 0. The molecule has 2 rings (SSSR count). The second-order valence-electron chi connectivity index (χ2n) is 4.37. The fourth-order valence-corrected chi connectivity index (χ4v) is 2.66. The molecule has 0 aliphatic heterocycles. The first kappa shape index (κ1) is 15.0. The van der Waals surface area contributed by atoms with Crippen molar-refractivity contribution < 1.29 is 4.74 Å². The highest BCUT2D eigenvalue weighted by molar-refractivity contribution is 7.99. The molecule has 0 amide bonds. The van der Waals surface area contributed by atoms with E-state index in [2.05, 4.69) is 12.1 Å². The maximum Gasteiger partial charge on any atom is 0.146 e. The summed E-state index contributed by atoms with van der Waals surface area (Å²) in [6, 6.07) is 15.1. The average molecular weight is 294 g/mol. The number of benzene rings is 2. The highest BCUT2D eigenvalue weighted by atomic mass is 32.2. The minimum absolute atomic E-state index is 0.522. The van der Waals surface area contributed by atoms with Crippen LogP contribution in [-0.4, -0.2) is 5.75 Å². The Morgan fingerprint density at radius 2 is 1.90 bits per heavy atom. The Labute approximate surface area is 128 Å². The highest BCUT2D eigenvalue weighted by Gasteiger charge is 2.11. The molecular formula is C17H14N2OS. The molecule has 0 N–H and O–H groups in total. The summed E-state index contributed by atoms with van der Waals surface area (Å²) in [4.78, 5) is 0.909. The fourth-order valence-electron chi connectivity index (χ4n) is 1.88. The zero-order chi connectivity index (χ0) is 15.2. The predicted octanol–water partition coefficient (Wildman–Crippen LogP) is 4.64. The van der Waals surface area contributed by atoms with Crippen LogP contribution in [0.3, 0.4) is 0 Å². The standard InChI is InChI=1S/C17H14N2OS/c1-3-21-17-6-4-5-15(14(17)11-19)20-16-9-13(10-18)8-7-12(16)2/h4-9H,3H2,1-2H3. The van der Waals surface area contributed by atoms with Crippen LogP contribution in [0.1, 0.15) is 23.6 Å². The van der Waals surface area contributed by atoms with Crippen LogP contribution in [0.5, 0.6) is 11.5 Å². The Kier molecular flexibility index (Phi) is 4.87. The van der Waals surface area contributed by atoms with Crippen LogP contribution in [0.4, 0.5) is 0 Å². The Bertz CT molecular complexity index is 741. The van der Waals surface area contributed by atoms with E-state index in [-0.39, 0.29) is 0 Å². The van der Waals surface area contributed by atoms with Gasteiger partial charge < -0.3 is 4.74 Å². The normalized spacial score (nSPS) is 9.71. The molecular weight excluding hydrogens is 280 g/mol. The van der Waals surface area contributed by atoms with Gasteiger partial charge in [0.05, 0.1) is 11.6 Å². The first-order valence-electron chi connectivity index (χ1n) is 6.54. The van der Waals surface area contributed by atoms with Crippen molar-refractivity contribution in [1.29, 1.82) is 10.5 Å².